The summed E-state index contributed by atoms with van der Waals surface area (Å²) in [7, 11) is 0. The number of pyridine rings is 2. The molecule has 166 valence electrons. The highest BCUT2D eigenvalue weighted by molar-refractivity contribution is 6.29. The second-order valence-corrected chi connectivity index (χ2v) is 10.1. The first-order valence-electron chi connectivity index (χ1n) is 11.0. The van der Waals surface area contributed by atoms with Gasteiger partial charge in [0, 0.05) is 11.7 Å². The molecule has 3 aromatic rings. The maximum absolute atomic E-state index is 14.9. The van der Waals surface area contributed by atoms with E-state index in [0.29, 0.717) is 5.41 Å². The van der Waals surface area contributed by atoms with Gasteiger partial charge in [-0.2, -0.15) is 0 Å². The van der Waals surface area contributed by atoms with Gasteiger partial charge in [-0.15, -0.1) is 0 Å². The van der Waals surface area contributed by atoms with Crippen molar-refractivity contribution in [1.82, 2.24) is 14.9 Å². The third-order valence-electron chi connectivity index (χ3n) is 7.42. The van der Waals surface area contributed by atoms with Gasteiger partial charge < -0.3 is 5.32 Å². The quantitative estimate of drug-likeness (QED) is 0.545. The maximum Gasteiger partial charge on any atom is 0.257 e. The Morgan fingerprint density at radius 3 is 2.47 bits per heavy atom. The van der Waals surface area contributed by atoms with Crippen LogP contribution >= 0.6 is 11.6 Å². The fourth-order valence-corrected chi connectivity index (χ4v) is 5.34. The number of hydrogen-bond donors (Lipinski definition) is 1. The number of fused-ring (bicyclic) bond motifs is 4. The Kier molecular flexibility index (Phi) is 4.89. The number of aryl methyl sites for hydroxylation is 1. The monoisotopic (exact) mass is 453 g/mol. The fraction of sp³-hybridized carbons (Fsp3) is 0.400. The first-order chi connectivity index (χ1) is 15.2. The molecule has 1 amide bonds. The van der Waals surface area contributed by atoms with E-state index in [9.17, 15) is 14.0 Å². The summed E-state index contributed by atoms with van der Waals surface area (Å²) in [5, 5.41) is 3.58. The molecule has 1 N–H and O–H groups in total. The second-order valence-electron chi connectivity index (χ2n) is 9.75. The van der Waals surface area contributed by atoms with Crippen LogP contribution in [0.25, 0.3) is 16.7 Å². The lowest BCUT2D eigenvalue weighted by molar-refractivity contribution is 0.0338. The molecule has 0 saturated heterocycles. The van der Waals surface area contributed by atoms with E-state index in [1.807, 2.05) is 0 Å². The van der Waals surface area contributed by atoms with Gasteiger partial charge in [-0.1, -0.05) is 24.6 Å². The third kappa shape index (κ3) is 3.51. The molecule has 2 aromatic heterocycles. The molecule has 7 heteroatoms. The summed E-state index contributed by atoms with van der Waals surface area (Å²) >= 11 is 6.08. The summed E-state index contributed by atoms with van der Waals surface area (Å²) in [4.78, 5) is 30.9. The first-order valence-corrected chi connectivity index (χ1v) is 11.4. The van der Waals surface area contributed by atoms with E-state index in [0.717, 1.165) is 44.1 Å². The van der Waals surface area contributed by atoms with Gasteiger partial charge in [0.15, 0.2) is 0 Å². The molecule has 0 atom stereocenters. The smallest absolute Gasteiger partial charge is 0.257 e. The van der Waals surface area contributed by atoms with E-state index in [2.05, 4.69) is 17.2 Å². The summed E-state index contributed by atoms with van der Waals surface area (Å²) < 4.78 is 16.3. The van der Waals surface area contributed by atoms with Crippen molar-refractivity contribution in [2.75, 3.05) is 0 Å². The van der Waals surface area contributed by atoms with E-state index >= 15 is 0 Å². The van der Waals surface area contributed by atoms with Crippen molar-refractivity contribution in [1.29, 1.82) is 0 Å². The van der Waals surface area contributed by atoms with Crippen LogP contribution in [-0.4, -0.2) is 21.0 Å². The van der Waals surface area contributed by atoms with Crippen molar-refractivity contribution >= 4 is 28.5 Å². The van der Waals surface area contributed by atoms with Crippen LogP contribution in [-0.2, 0) is 0 Å². The number of nitrogens with one attached hydrogen (secondary N) is 1. The molecule has 3 fully saturated rings. The Balaban J connectivity index is 1.62. The van der Waals surface area contributed by atoms with Crippen LogP contribution in [0, 0.1) is 18.2 Å². The van der Waals surface area contributed by atoms with Crippen LogP contribution in [0.15, 0.2) is 41.3 Å². The zero-order valence-corrected chi connectivity index (χ0v) is 18.9. The van der Waals surface area contributed by atoms with Gasteiger partial charge in [-0.25, -0.2) is 9.37 Å². The van der Waals surface area contributed by atoms with E-state index in [1.54, 1.807) is 19.1 Å². The highest BCUT2D eigenvalue weighted by Crippen LogP contribution is 2.51. The van der Waals surface area contributed by atoms with Crippen LogP contribution in [0.2, 0.25) is 5.15 Å². The number of nitrogens with zero attached hydrogens (tertiary/aromatic N) is 2. The molecule has 3 aliphatic carbocycles. The summed E-state index contributed by atoms with van der Waals surface area (Å²) in [6.45, 7) is 4.11. The minimum absolute atomic E-state index is 0.0186. The van der Waals surface area contributed by atoms with Crippen molar-refractivity contribution in [3.8, 4) is 5.69 Å². The third-order valence-corrected chi connectivity index (χ3v) is 7.63. The topological polar surface area (TPSA) is 64.0 Å². The number of aromatic nitrogens is 2. The average Bonchev–Trinajstić information content (AvgIpc) is 2.75. The number of halogens is 2. The Bertz CT molecular complexity index is 1290. The molecule has 0 unspecified atom stereocenters. The van der Waals surface area contributed by atoms with Crippen molar-refractivity contribution in [2.45, 2.75) is 57.9 Å². The minimum Gasteiger partial charge on any atom is -0.346 e. The van der Waals surface area contributed by atoms with Gasteiger partial charge in [-0.3, -0.25) is 14.2 Å². The molecule has 3 aliphatic rings. The van der Waals surface area contributed by atoms with Gasteiger partial charge in [-0.05, 0) is 80.7 Å². The van der Waals surface area contributed by atoms with E-state index in [4.69, 9.17) is 11.6 Å². The van der Waals surface area contributed by atoms with Gasteiger partial charge in [0.05, 0.1) is 11.1 Å². The lowest BCUT2D eigenvalue weighted by atomic mass is 9.58. The molecule has 0 spiro atoms. The van der Waals surface area contributed by atoms with Gasteiger partial charge in [0.1, 0.15) is 22.2 Å². The standard InChI is InChI=1S/C25H25ClFN3O2/c1-15-3-5-19(18(27)13-15)30-14-17(21(31)16-4-6-20(26)28-22(16)30)23(32)29-25-10-7-24(2,8-11-25)9-12-25/h3-6,13-14H,7-12H2,1-2H3,(H,29,32). The SMILES string of the molecule is Cc1ccc(-n2cc(C(=O)NC34CCC(C)(CC3)CC4)c(=O)c3ccc(Cl)nc32)c(F)c1. The van der Waals surface area contributed by atoms with Gasteiger partial charge in [0.25, 0.3) is 5.91 Å². The molecule has 2 heterocycles. The molecule has 5 nitrogen and oxygen atoms in total. The summed E-state index contributed by atoms with van der Waals surface area (Å²) in [5.74, 6) is -0.890. The molecule has 6 rings (SSSR count). The summed E-state index contributed by atoms with van der Waals surface area (Å²) in [5.41, 5.74) is 0.832. The highest BCUT2D eigenvalue weighted by Gasteiger charge is 2.47. The number of carbonyl (C=O) groups excluding carboxylic acids is 1. The molecular weight excluding hydrogens is 429 g/mol. The van der Waals surface area contributed by atoms with Crippen LogP contribution in [0.4, 0.5) is 4.39 Å². The predicted molar refractivity (Wildman–Crippen MR) is 123 cm³/mol. The number of carbonyl (C=O) groups is 1. The zero-order valence-electron chi connectivity index (χ0n) is 18.2. The van der Waals surface area contributed by atoms with Crippen LogP contribution in [0.1, 0.15) is 61.4 Å². The number of amides is 1. The van der Waals surface area contributed by atoms with Crippen LogP contribution in [0.5, 0.6) is 0 Å². The lowest BCUT2D eigenvalue weighted by Crippen LogP contribution is -2.56. The number of benzene rings is 1. The Morgan fingerprint density at radius 2 is 1.81 bits per heavy atom. The summed E-state index contributed by atoms with van der Waals surface area (Å²) in [6, 6.07) is 7.83. The number of rotatable bonds is 3. The molecule has 0 radical (unpaired) electrons. The van der Waals surface area contributed by atoms with E-state index in [1.165, 1.54) is 29.0 Å². The Labute approximate surface area is 190 Å². The van der Waals surface area contributed by atoms with Gasteiger partial charge in [0.2, 0.25) is 5.43 Å². The molecule has 3 saturated carbocycles. The molecule has 1 aromatic carbocycles. The van der Waals surface area contributed by atoms with Crippen molar-refractivity contribution in [3.05, 3.63) is 68.8 Å². The van der Waals surface area contributed by atoms with E-state index in [-0.39, 0.29) is 33.0 Å². The largest absolute Gasteiger partial charge is 0.346 e. The Hall–Kier alpha value is -2.73. The van der Waals surface area contributed by atoms with Crippen LogP contribution < -0.4 is 10.7 Å². The summed E-state index contributed by atoms with van der Waals surface area (Å²) in [6.07, 6.45) is 7.37. The van der Waals surface area contributed by atoms with E-state index < -0.39 is 17.2 Å². The highest BCUT2D eigenvalue weighted by atomic mass is 35.5. The second kappa shape index (κ2) is 7.41. The first kappa shape index (κ1) is 21.1. The normalized spacial score (nSPS) is 24.6. The van der Waals surface area contributed by atoms with Crippen molar-refractivity contribution < 1.29 is 9.18 Å². The average molecular weight is 454 g/mol. The maximum atomic E-state index is 14.9. The number of hydrogen-bond acceptors (Lipinski definition) is 3. The van der Waals surface area contributed by atoms with Crippen molar-refractivity contribution in [3.63, 3.8) is 0 Å². The molecule has 2 bridgehead atoms. The fourth-order valence-electron chi connectivity index (χ4n) is 5.20. The molecule has 0 aliphatic heterocycles. The van der Waals surface area contributed by atoms with Crippen LogP contribution in [0.3, 0.4) is 0 Å². The molecule has 32 heavy (non-hydrogen) atoms. The van der Waals surface area contributed by atoms with Gasteiger partial charge >= 0.3 is 0 Å². The minimum atomic E-state index is -0.472. The molecular formula is C25H25ClFN3O2. The Morgan fingerprint density at radius 1 is 1.12 bits per heavy atom. The van der Waals surface area contributed by atoms with Crippen molar-refractivity contribution in [2.24, 2.45) is 5.41 Å². The zero-order chi connectivity index (χ0) is 22.7. The predicted octanol–water partition coefficient (Wildman–Crippen LogP) is 5.33. The lowest BCUT2D eigenvalue weighted by Gasteiger charge is -2.52.